The van der Waals surface area contributed by atoms with Gasteiger partial charge in [-0.1, -0.05) is 54.6 Å². The molecule has 5 heteroatoms. The summed E-state index contributed by atoms with van der Waals surface area (Å²) in [5, 5.41) is 6.25. The summed E-state index contributed by atoms with van der Waals surface area (Å²) in [6, 6.07) is 23.1. The van der Waals surface area contributed by atoms with Crippen LogP contribution in [0.15, 0.2) is 66.7 Å². The van der Waals surface area contributed by atoms with Crippen LogP contribution in [0.1, 0.15) is 40.9 Å². The molecule has 0 spiro atoms. The van der Waals surface area contributed by atoms with E-state index in [1.54, 1.807) is 0 Å². The van der Waals surface area contributed by atoms with Crippen LogP contribution in [0, 0.1) is 0 Å². The Hall–Kier alpha value is -2.73. The van der Waals surface area contributed by atoms with Crippen molar-refractivity contribution in [3.63, 3.8) is 0 Å². The van der Waals surface area contributed by atoms with Gasteiger partial charge in [0, 0.05) is 25.7 Å². The van der Waals surface area contributed by atoms with Gasteiger partial charge in [0.2, 0.25) is 0 Å². The SMILES string of the molecule is C[C@@H](NCCCc1ccc(C(=O)OCCN2CCOCC2)cc1)c1cccc2ccccc12. The van der Waals surface area contributed by atoms with Crippen molar-refractivity contribution >= 4 is 16.7 Å². The lowest BCUT2D eigenvalue weighted by Crippen LogP contribution is -2.38. The Morgan fingerprint density at radius 3 is 2.61 bits per heavy atom. The smallest absolute Gasteiger partial charge is 0.338 e. The summed E-state index contributed by atoms with van der Waals surface area (Å²) >= 11 is 0. The lowest BCUT2D eigenvalue weighted by Gasteiger charge is -2.26. The van der Waals surface area contributed by atoms with Crippen LogP contribution in [-0.2, 0) is 15.9 Å². The minimum atomic E-state index is -0.250. The fourth-order valence-electron chi connectivity index (χ4n) is 4.33. The van der Waals surface area contributed by atoms with E-state index in [-0.39, 0.29) is 5.97 Å². The Morgan fingerprint density at radius 1 is 1.03 bits per heavy atom. The normalized spacial score (nSPS) is 15.4. The standard InChI is InChI=1S/C28H34N2O3/c1-22(26-10-4-8-24-7-2-3-9-27(24)26)29-15-5-6-23-11-13-25(14-12-23)28(31)33-21-18-30-16-19-32-20-17-30/h2-4,7-14,22,29H,5-6,15-21H2,1H3/t22-/m1/s1. The van der Waals surface area contributed by atoms with E-state index in [1.165, 1.54) is 21.9 Å². The van der Waals surface area contributed by atoms with Gasteiger partial charge in [-0.2, -0.15) is 0 Å². The highest BCUT2D eigenvalue weighted by Crippen LogP contribution is 2.24. The van der Waals surface area contributed by atoms with Gasteiger partial charge in [-0.3, -0.25) is 4.90 Å². The first-order chi connectivity index (χ1) is 16.2. The van der Waals surface area contributed by atoms with Gasteiger partial charge in [0.15, 0.2) is 0 Å². The number of benzene rings is 3. The van der Waals surface area contributed by atoms with Crippen molar-refractivity contribution < 1.29 is 14.3 Å². The molecule has 33 heavy (non-hydrogen) atoms. The molecule has 0 amide bonds. The number of morpholine rings is 1. The molecule has 174 valence electrons. The second-order valence-corrected chi connectivity index (χ2v) is 8.63. The molecule has 1 aliphatic heterocycles. The van der Waals surface area contributed by atoms with E-state index in [0.29, 0.717) is 18.2 Å². The monoisotopic (exact) mass is 446 g/mol. The zero-order valence-electron chi connectivity index (χ0n) is 19.5. The molecule has 0 radical (unpaired) electrons. The lowest BCUT2D eigenvalue weighted by molar-refractivity contribution is 0.0195. The van der Waals surface area contributed by atoms with Gasteiger partial charge in [-0.25, -0.2) is 4.79 Å². The second kappa shape index (κ2) is 11.9. The molecule has 0 aliphatic carbocycles. The number of carbonyl (C=O) groups excluding carboxylic acids is 1. The van der Waals surface area contributed by atoms with Crippen LogP contribution in [0.3, 0.4) is 0 Å². The number of fused-ring (bicyclic) bond motifs is 1. The molecule has 0 unspecified atom stereocenters. The summed E-state index contributed by atoms with van der Waals surface area (Å²) in [6.45, 7) is 7.67. The van der Waals surface area contributed by atoms with Crippen LogP contribution in [-0.4, -0.2) is 56.9 Å². The van der Waals surface area contributed by atoms with Crippen LogP contribution in [0.4, 0.5) is 0 Å². The third-order valence-corrected chi connectivity index (χ3v) is 6.32. The summed E-state index contributed by atoms with van der Waals surface area (Å²) in [7, 11) is 0. The molecule has 1 saturated heterocycles. The Bertz CT molecular complexity index is 1020. The summed E-state index contributed by atoms with van der Waals surface area (Å²) in [5.41, 5.74) is 3.19. The molecule has 0 aromatic heterocycles. The van der Waals surface area contributed by atoms with Gasteiger partial charge >= 0.3 is 5.97 Å². The highest BCUT2D eigenvalue weighted by molar-refractivity contribution is 5.89. The summed E-state index contributed by atoms with van der Waals surface area (Å²) in [4.78, 5) is 14.5. The summed E-state index contributed by atoms with van der Waals surface area (Å²) < 4.78 is 10.8. The van der Waals surface area contributed by atoms with Crippen LogP contribution in [0.5, 0.6) is 0 Å². The number of nitrogens with one attached hydrogen (secondary N) is 1. The van der Waals surface area contributed by atoms with E-state index in [9.17, 15) is 4.79 Å². The Morgan fingerprint density at radius 2 is 1.79 bits per heavy atom. The van der Waals surface area contributed by atoms with Gasteiger partial charge in [0.1, 0.15) is 6.61 Å². The minimum Gasteiger partial charge on any atom is -0.461 e. The summed E-state index contributed by atoms with van der Waals surface area (Å²) in [5.74, 6) is -0.250. The van der Waals surface area contributed by atoms with E-state index >= 15 is 0 Å². The largest absolute Gasteiger partial charge is 0.461 e. The maximum absolute atomic E-state index is 12.3. The highest BCUT2D eigenvalue weighted by atomic mass is 16.5. The van der Waals surface area contributed by atoms with Gasteiger partial charge in [-0.05, 0) is 60.3 Å². The molecule has 1 aliphatic rings. The van der Waals surface area contributed by atoms with E-state index in [1.807, 2.05) is 24.3 Å². The van der Waals surface area contributed by atoms with E-state index in [2.05, 4.69) is 59.6 Å². The van der Waals surface area contributed by atoms with Crippen molar-refractivity contribution in [1.29, 1.82) is 0 Å². The molecule has 3 aromatic carbocycles. The average Bonchev–Trinajstić information content (AvgIpc) is 2.87. The number of carbonyl (C=O) groups is 1. The number of esters is 1. The van der Waals surface area contributed by atoms with Crippen molar-refractivity contribution in [3.05, 3.63) is 83.4 Å². The molecule has 0 bridgehead atoms. The molecular weight excluding hydrogens is 412 g/mol. The number of aryl methyl sites for hydroxylation is 1. The van der Waals surface area contributed by atoms with Gasteiger partial charge < -0.3 is 14.8 Å². The average molecular weight is 447 g/mol. The van der Waals surface area contributed by atoms with Crippen LogP contribution >= 0.6 is 0 Å². The molecule has 1 atom stereocenters. The zero-order valence-corrected chi connectivity index (χ0v) is 19.5. The van der Waals surface area contributed by atoms with Crippen molar-refractivity contribution in [3.8, 4) is 0 Å². The molecule has 1 heterocycles. The van der Waals surface area contributed by atoms with E-state index < -0.39 is 0 Å². The van der Waals surface area contributed by atoms with Gasteiger partial charge in [0.05, 0.1) is 18.8 Å². The van der Waals surface area contributed by atoms with Crippen molar-refractivity contribution in [2.24, 2.45) is 0 Å². The number of ether oxygens (including phenoxy) is 2. The van der Waals surface area contributed by atoms with Crippen LogP contribution < -0.4 is 5.32 Å². The molecule has 1 fully saturated rings. The van der Waals surface area contributed by atoms with Crippen molar-refractivity contribution in [2.75, 3.05) is 46.0 Å². The van der Waals surface area contributed by atoms with Gasteiger partial charge in [0.25, 0.3) is 0 Å². The first kappa shape index (κ1) is 23.4. The predicted molar refractivity (Wildman–Crippen MR) is 133 cm³/mol. The molecule has 1 N–H and O–H groups in total. The van der Waals surface area contributed by atoms with Crippen LogP contribution in [0.2, 0.25) is 0 Å². The number of hydrogen-bond acceptors (Lipinski definition) is 5. The Kier molecular flexibility index (Phi) is 8.47. The minimum absolute atomic E-state index is 0.250. The third kappa shape index (κ3) is 6.64. The molecule has 5 nitrogen and oxygen atoms in total. The molecular formula is C28H34N2O3. The first-order valence-corrected chi connectivity index (χ1v) is 12.0. The Labute approximate surface area is 196 Å². The number of rotatable bonds is 10. The molecule has 4 rings (SSSR count). The maximum Gasteiger partial charge on any atom is 0.338 e. The second-order valence-electron chi connectivity index (χ2n) is 8.63. The zero-order chi connectivity index (χ0) is 22.9. The summed E-state index contributed by atoms with van der Waals surface area (Å²) in [6.07, 6.45) is 2.01. The lowest BCUT2D eigenvalue weighted by atomic mass is 9.99. The Balaban J connectivity index is 1.18. The molecule has 0 saturated carbocycles. The highest BCUT2D eigenvalue weighted by Gasteiger charge is 2.12. The van der Waals surface area contributed by atoms with E-state index in [4.69, 9.17) is 9.47 Å². The van der Waals surface area contributed by atoms with Crippen molar-refractivity contribution in [2.45, 2.75) is 25.8 Å². The first-order valence-electron chi connectivity index (χ1n) is 12.0. The number of nitrogens with zero attached hydrogens (tertiary/aromatic N) is 1. The molecule has 3 aromatic rings. The fourth-order valence-corrected chi connectivity index (χ4v) is 4.33. The van der Waals surface area contributed by atoms with E-state index in [0.717, 1.165) is 52.2 Å². The van der Waals surface area contributed by atoms with Gasteiger partial charge in [-0.15, -0.1) is 0 Å². The van der Waals surface area contributed by atoms with Crippen molar-refractivity contribution in [1.82, 2.24) is 10.2 Å². The predicted octanol–water partition coefficient (Wildman–Crippen LogP) is 4.61. The third-order valence-electron chi connectivity index (χ3n) is 6.32. The fraction of sp³-hybridized carbons (Fsp3) is 0.393. The maximum atomic E-state index is 12.3. The quantitative estimate of drug-likeness (QED) is 0.364. The topological polar surface area (TPSA) is 50.8 Å². The van der Waals surface area contributed by atoms with Crippen LogP contribution in [0.25, 0.3) is 10.8 Å². The number of hydrogen-bond donors (Lipinski definition) is 1.